The summed E-state index contributed by atoms with van der Waals surface area (Å²) in [5.41, 5.74) is 0.0611. The van der Waals surface area contributed by atoms with E-state index in [4.69, 9.17) is 0 Å². The van der Waals surface area contributed by atoms with Crippen LogP contribution in [0.15, 0.2) is 46.9 Å². The van der Waals surface area contributed by atoms with Gasteiger partial charge in [-0.3, -0.25) is 14.9 Å². The van der Waals surface area contributed by atoms with E-state index < -0.39 is 16.6 Å². The first-order chi connectivity index (χ1) is 9.47. The highest BCUT2D eigenvalue weighted by Crippen LogP contribution is 2.28. The molecule has 0 fully saturated rings. The van der Waals surface area contributed by atoms with E-state index in [0.29, 0.717) is 4.47 Å². The van der Waals surface area contributed by atoms with Gasteiger partial charge >= 0.3 is 0 Å². The number of nitro benzene ring substituents is 1. The summed E-state index contributed by atoms with van der Waals surface area (Å²) >= 11 is 3.12. The van der Waals surface area contributed by atoms with E-state index in [1.54, 1.807) is 6.07 Å². The largest absolute Gasteiger partial charge is 0.316 e. The number of carbonyl (C=O) groups excluding carboxylic acids is 1. The number of halogens is 2. The lowest BCUT2D eigenvalue weighted by Gasteiger charge is -2.06. The molecule has 0 aliphatic rings. The first kappa shape index (κ1) is 14.1. The minimum Gasteiger partial charge on any atom is -0.316 e. The van der Waals surface area contributed by atoms with Crippen LogP contribution < -0.4 is 5.32 Å². The zero-order valence-corrected chi connectivity index (χ0v) is 11.6. The summed E-state index contributed by atoms with van der Waals surface area (Å²) in [6.45, 7) is 0. The Morgan fingerprint density at radius 2 is 1.85 bits per heavy atom. The van der Waals surface area contributed by atoms with Crippen LogP contribution in [0.1, 0.15) is 10.4 Å². The fourth-order valence-electron chi connectivity index (χ4n) is 1.56. The zero-order chi connectivity index (χ0) is 14.7. The molecular weight excluding hydrogens is 331 g/mol. The average Bonchev–Trinajstić information content (AvgIpc) is 2.41. The Bertz CT molecular complexity index is 674. The van der Waals surface area contributed by atoms with Crippen molar-refractivity contribution >= 4 is 33.2 Å². The molecule has 102 valence electrons. The second-order valence-electron chi connectivity index (χ2n) is 3.88. The van der Waals surface area contributed by atoms with Crippen LogP contribution in [0.3, 0.4) is 0 Å². The number of nitrogens with one attached hydrogen (secondary N) is 1. The SMILES string of the molecule is O=C(Nc1ccc(Br)cc1[N+](=O)[O-])c1ccc(F)cc1. The van der Waals surface area contributed by atoms with Gasteiger partial charge in [0.2, 0.25) is 0 Å². The summed E-state index contributed by atoms with van der Waals surface area (Å²) in [6.07, 6.45) is 0. The van der Waals surface area contributed by atoms with Crippen LogP contribution >= 0.6 is 15.9 Å². The number of nitrogens with zero attached hydrogens (tertiary/aromatic N) is 1. The third kappa shape index (κ3) is 3.18. The highest BCUT2D eigenvalue weighted by molar-refractivity contribution is 9.10. The quantitative estimate of drug-likeness (QED) is 0.684. The standard InChI is InChI=1S/C13H8BrFN2O3/c14-9-3-6-11(12(7-9)17(19)20)16-13(18)8-1-4-10(15)5-2-8/h1-7H,(H,16,18). The van der Waals surface area contributed by atoms with Crippen molar-refractivity contribution in [3.8, 4) is 0 Å². The van der Waals surface area contributed by atoms with Crippen molar-refractivity contribution in [2.24, 2.45) is 0 Å². The number of hydrogen-bond donors (Lipinski definition) is 1. The molecule has 0 spiro atoms. The number of benzene rings is 2. The number of carbonyl (C=O) groups is 1. The summed E-state index contributed by atoms with van der Waals surface area (Å²) in [5, 5.41) is 13.4. The van der Waals surface area contributed by atoms with Gasteiger partial charge in [0.05, 0.1) is 4.92 Å². The molecule has 0 bridgehead atoms. The molecule has 0 unspecified atom stereocenters. The van der Waals surface area contributed by atoms with Crippen LogP contribution in [0, 0.1) is 15.9 Å². The Kier molecular flexibility index (Phi) is 4.09. The molecule has 0 saturated heterocycles. The van der Waals surface area contributed by atoms with E-state index in [0.717, 1.165) is 12.1 Å². The van der Waals surface area contributed by atoms with Gasteiger partial charge in [0.15, 0.2) is 0 Å². The average molecular weight is 339 g/mol. The molecule has 1 N–H and O–H groups in total. The maximum Gasteiger partial charge on any atom is 0.293 e. The van der Waals surface area contributed by atoms with Crippen LogP contribution in [-0.4, -0.2) is 10.8 Å². The van der Waals surface area contributed by atoms with Crippen LogP contribution in [0.25, 0.3) is 0 Å². The van der Waals surface area contributed by atoms with Crippen molar-refractivity contribution in [3.05, 3.63) is 68.4 Å². The smallest absolute Gasteiger partial charge is 0.293 e. The first-order valence-electron chi connectivity index (χ1n) is 5.48. The summed E-state index contributed by atoms with van der Waals surface area (Å²) in [4.78, 5) is 22.2. The van der Waals surface area contributed by atoms with E-state index in [9.17, 15) is 19.3 Å². The normalized spacial score (nSPS) is 10.1. The van der Waals surface area contributed by atoms with Gasteiger partial charge in [-0.15, -0.1) is 0 Å². The molecule has 0 aliphatic heterocycles. The Labute approximate surface area is 121 Å². The molecule has 0 heterocycles. The second-order valence-corrected chi connectivity index (χ2v) is 4.80. The van der Waals surface area contributed by atoms with Crippen molar-refractivity contribution < 1.29 is 14.1 Å². The molecule has 0 saturated carbocycles. The third-order valence-corrected chi connectivity index (χ3v) is 3.00. The second kappa shape index (κ2) is 5.79. The molecule has 5 nitrogen and oxygen atoms in total. The molecule has 0 atom stereocenters. The lowest BCUT2D eigenvalue weighted by Crippen LogP contribution is -2.13. The van der Waals surface area contributed by atoms with Crippen LogP contribution in [0.2, 0.25) is 0 Å². The van der Waals surface area contributed by atoms with Crippen molar-refractivity contribution in [3.63, 3.8) is 0 Å². The number of amides is 1. The predicted octanol–water partition coefficient (Wildman–Crippen LogP) is 3.75. The minimum absolute atomic E-state index is 0.0764. The van der Waals surface area contributed by atoms with Crippen LogP contribution in [-0.2, 0) is 0 Å². The molecule has 20 heavy (non-hydrogen) atoms. The van der Waals surface area contributed by atoms with Gasteiger partial charge < -0.3 is 5.32 Å². The molecular formula is C13H8BrFN2O3. The zero-order valence-electron chi connectivity index (χ0n) is 9.97. The molecule has 2 rings (SSSR count). The summed E-state index contributed by atoms with van der Waals surface area (Å²) in [7, 11) is 0. The molecule has 0 aliphatic carbocycles. The number of nitro groups is 1. The van der Waals surface area contributed by atoms with Crippen LogP contribution in [0.4, 0.5) is 15.8 Å². The lowest BCUT2D eigenvalue weighted by molar-refractivity contribution is -0.384. The molecule has 1 amide bonds. The summed E-state index contributed by atoms with van der Waals surface area (Å²) in [5.74, 6) is -1.01. The van der Waals surface area contributed by atoms with Gasteiger partial charge in [0.1, 0.15) is 11.5 Å². The van der Waals surface area contributed by atoms with E-state index >= 15 is 0 Å². The van der Waals surface area contributed by atoms with E-state index in [2.05, 4.69) is 21.2 Å². The maximum absolute atomic E-state index is 12.8. The predicted molar refractivity (Wildman–Crippen MR) is 75.1 cm³/mol. The topological polar surface area (TPSA) is 72.2 Å². The van der Waals surface area contributed by atoms with Gasteiger partial charge in [-0.25, -0.2) is 4.39 Å². The van der Waals surface area contributed by atoms with Gasteiger partial charge in [-0.1, -0.05) is 15.9 Å². The molecule has 7 heteroatoms. The Morgan fingerprint density at radius 3 is 2.45 bits per heavy atom. The number of hydrogen-bond acceptors (Lipinski definition) is 3. The van der Waals surface area contributed by atoms with Crippen molar-refractivity contribution in [1.29, 1.82) is 0 Å². The monoisotopic (exact) mass is 338 g/mol. The van der Waals surface area contributed by atoms with Crippen molar-refractivity contribution in [2.75, 3.05) is 5.32 Å². The summed E-state index contributed by atoms with van der Waals surface area (Å²) < 4.78 is 13.3. The highest BCUT2D eigenvalue weighted by Gasteiger charge is 2.17. The summed E-state index contributed by atoms with van der Waals surface area (Å²) in [6, 6.07) is 9.18. The van der Waals surface area contributed by atoms with Gasteiger partial charge in [0, 0.05) is 16.1 Å². The number of rotatable bonds is 3. The minimum atomic E-state index is -0.592. The molecule has 2 aromatic rings. The Balaban J connectivity index is 2.28. The Hall–Kier alpha value is -2.28. The van der Waals surface area contributed by atoms with Crippen LogP contribution in [0.5, 0.6) is 0 Å². The van der Waals surface area contributed by atoms with Crippen molar-refractivity contribution in [1.82, 2.24) is 0 Å². The van der Waals surface area contributed by atoms with E-state index in [-0.39, 0.29) is 16.9 Å². The van der Waals surface area contributed by atoms with Gasteiger partial charge in [0.25, 0.3) is 11.6 Å². The lowest BCUT2D eigenvalue weighted by atomic mass is 10.2. The first-order valence-corrected chi connectivity index (χ1v) is 6.27. The van der Waals surface area contributed by atoms with Crippen molar-refractivity contribution in [2.45, 2.75) is 0 Å². The fraction of sp³-hybridized carbons (Fsp3) is 0. The highest BCUT2D eigenvalue weighted by atomic mass is 79.9. The van der Waals surface area contributed by atoms with E-state index in [1.165, 1.54) is 24.3 Å². The molecule has 0 aromatic heterocycles. The Morgan fingerprint density at radius 1 is 1.20 bits per heavy atom. The number of anilines is 1. The third-order valence-electron chi connectivity index (χ3n) is 2.51. The van der Waals surface area contributed by atoms with Gasteiger partial charge in [-0.05, 0) is 36.4 Å². The molecule has 0 radical (unpaired) electrons. The molecule has 2 aromatic carbocycles. The van der Waals surface area contributed by atoms with Gasteiger partial charge in [-0.2, -0.15) is 0 Å². The van der Waals surface area contributed by atoms with E-state index in [1.807, 2.05) is 0 Å². The fourth-order valence-corrected chi connectivity index (χ4v) is 1.91. The maximum atomic E-state index is 12.8.